The summed E-state index contributed by atoms with van der Waals surface area (Å²) in [7, 11) is 0. The molecule has 0 bridgehead atoms. The Labute approximate surface area is 123 Å². The highest BCUT2D eigenvalue weighted by Crippen LogP contribution is 2.37. The van der Waals surface area contributed by atoms with Gasteiger partial charge in [-0.25, -0.2) is 0 Å². The SMILES string of the molecule is Cc1cccc(C2=Cc3cccc([N+](=O)[O-])c3C2)c1CN. The third kappa shape index (κ3) is 2.23. The van der Waals surface area contributed by atoms with Crippen LogP contribution in [-0.2, 0) is 13.0 Å². The summed E-state index contributed by atoms with van der Waals surface area (Å²) >= 11 is 0. The van der Waals surface area contributed by atoms with E-state index in [4.69, 9.17) is 5.73 Å². The number of nitrogens with two attached hydrogens (primary N) is 1. The molecule has 0 aliphatic heterocycles. The molecule has 0 amide bonds. The van der Waals surface area contributed by atoms with E-state index in [1.54, 1.807) is 12.1 Å². The lowest BCUT2D eigenvalue weighted by Gasteiger charge is -2.11. The van der Waals surface area contributed by atoms with Crippen molar-refractivity contribution in [3.8, 4) is 0 Å². The van der Waals surface area contributed by atoms with Gasteiger partial charge in [-0.15, -0.1) is 0 Å². The first-order valence-corrected chi connectivity index (χ1v) is 6.87. The molecule has 0 heterocycles. The second-order valence-corrected chi connectivity index (χ2v) is 5.25. The van der Waals surface area contributed by atoms with Crippen molar-refractivity contribution in [3.63, 3.8) is 0 Å². The number of nitro benzene ring substituents is 1. The van der Waals surface area contributed by atoms with Gasteiger partial charge in [0.2, 0.25) is 0 Å². The Balaban J connectivity index is 2.08. The zero-order chi connectivity index (χ0) is 15.0. The first kappa shape index (κ1) is 13.5. The lowest BCUT2D eigenvalue weighted by molar-refractivity contribution is -0.385. The van der Waals surface area contributed by atoms with E-state index < -0.39 is 0 Å². The van der Waals surface area contributed by atoms with Crippen LogP contribution >= 0.6 is 0 Å². The summed E-state index contributed by atoms with van der Waals surface area (Å²) in [6, 6.07) is 11.3. The fraction of sp³-hybridized carbons (Fsp3) is 0.176. The molecule has 1 aliphatic carbocycles. The van der Waals surface area contributed by atoms with Crippen molar-refractivity contribution in [2.24, 2.45) is 5.73 Å². The molecule has 2 aromatic rings. The standard InChI is InChI=1S/C17H16N2O2/c1-11-4-2-6-14(16(11)10-18)13-8-12-5-3-7-17(19(20)21)15(12)9-13/h2-8H,9-10,18H2,1H3. The summed E-state index contributed by atoms with van der Waals surface area (Å²) in [6.45, 7) is 2.51. The van der Waals surface area contributed by atoms with E-state index in [0.29, 0.717) is 13.0 Å². The Morgan fingerprint density at radius 1 is 1.24 bits per heavy atom. The van der Waals surface area contributed by atoms with Crippen LogP contribution in [0.5, 0.6) is 0 Å². The number of benzene rings is 2. The Hall–Kier alpha value is -2.46. The largest absolute Gasteiger partial charge is 0.326 e. The number of nitro groups is 1. The van der Waals surface area contributed by atoms with Gasteiger partial charge in [0.1, 0.15) is 0 Å². The molecule has 2 N–H and O–H groups in total. The van der Waals surface area contributed by atoms with Crippen LogP contribution < -0.4 is 5.73 Å². The van der Waals surface area contributed by atoms with Gasteiger partial charge in [-0.2, -0.15) is 0 Å². The van der Waals surface area contributed by atoms with Crippen LogP contribution in [0.15, 0.2) is 36.4 Å². The molecule has 0 fully saturated rings. The van der Waals surface area contributed by atoms with Crippen molar-refractivity contribution in [3.05, 3.63) is 74.3 Å². The number of hydrogen-bond donors (Lipinski definition) is 1. The van der Waals surface area contributed by atoms with Gasteiger partial charge in [-0.05, 0) is 34.8 Å². The van der Waals surface area contributed by atoms with Gasteiger partial charge >= 0.3 is 0 Å². The van der Waals surface area contributed by atoms with E-state index in [-0.39, 0.29) is 10.6 Å². The van der Waals surface area contributed by atoms with E-state index >= 15 is 0 Å². The number of fused-ring (bicyclic) bond motifs is 1. The van der Waals surface area contributed by atoms with E-state index in [1.807, 2.05) is 37.3 Å². The third-order valence-electron chi connectivity index (χ3n) is 4.04. The second-order valence-electron chi connectivity index (χ2n) is 5.25. The summed E-state index contributed by atoms with van der Waals surface area (Å²) in [5, 5.41) is 11.1. The minimum Gasteiger partial charge on any atom is -0.326 e. The monoisotopic (exact) mass is 280 g/mol. The van der Waals surface area contributed by atoms with Crippen molar-refractivity contribution >= 4 is 17.3 Å². The second kappa shape index (κ2) is 5.14. The fourth-order valence-corrected chi connectivity index (χ4v) is 2.97. The van der Waals surface area contributed by atoms with Crippen molar-refractivity contribution in [1.29, 1.82) is 0 Å². The average molecular weight is 280 g/mol. The molecule has 4 heteroatoms. The zero-order valence-corrected chi connectivity index (χ0v) is 11.8. The van der Waals surface area contributed by atoms with E-state index in [9.17, 15) is 10.1 Å². The van der Waals surface area contributed by atoms with Gasteiger partial charge in [-0.3, -0.25) is 10.1 Å². The van der Waals surface area contributed by atoms with Crippen molar-refractivity contribution in [1.82, 2.24) is 0 Å². The minimum absolute atomic E-state index is 0.195. The van der Waals surface area contributed by atoms with Gasteiger partial charge < -0.3 is 5.73 Å². The van der Waals surface area contributed by atoms with Gasteiger partial charge in [0, 0.05) is 24.6 Å². The Morgan fingerprint density at radius 2 is 2.00 bits per heavy atom. The molecule has 0 spiro atoms. The van der Waals surface area contributed by atoms with E-state index in [0.717, 1.165) is 33.4 Å². The molecule has 0 aromatic heterocycles. The number of allylic oxidation sites excluding steroid dienone is 1. The van der Waals surface area contributed by atoms with Crippen LogP contribution in [0.4, 0.5) is 5.69 Å². The minimum atomic E-state index is -0.310. The van der Waals surface area contributed by atoms with Crippen LogP contribution in [0.1, 0.15) is 27.8 Å². The molecule has 0 saturated carbocycles. The van der Waals surface area contributed by atoms with Gasteiger partial charge in [0.25, 0.3) is 5.69 Å². The molecule has 1 aliphatic rings. The topological polar surface area (TPSA) is 69.2 Å². The molecule has 0 atom stereocenters. The van der Waals surface area contributed by atoms with E-state index in [1.165, 1.54) is 0 Å². The quantitative estimate of drug-likeness (QED) is 0.691. The zero-order valence-electron chi connectivity index (χ0n) is 11.8. The predicted molar refractivity (Wildman–Crippen MR) is 83.7 cm³/mol. The van der Waals surface area contributed by atoms with Gasteiger partial charge in [0.05, 0.1) is 4.92 Å². The van der Waals surface area contributed by atoms with Crippen LogP contribution in [-0.4, -0.2) is 4.92 Å². The number of nitrogens with zero attached hydrogens (tertiary/aromatic N) is 1. The van der Waals surface area contributed by atoms with Crippen LogP contribution in [0.2, 0.25) is 0 Å². The molecule has 106 valence electrons. The first-order chi connectivity index (χ1) is 10.1. The van der Waals surface area contributed by atoms with Crippen molar-refractivity contribution < 1.29 is 4.92 Å². The Bertz CT molecular complexity index is 763. The van der Waals surface area contributed by atoms with Gasteiger partial charge in [0.15, 0.2) is 0 Å². The molecule has 0 saturated heterocycles. The van der Waals surface area contributed by atoms with Crippen molar-refractivity contribution in [2.75, 3.05) is 0 Å². The number of aryl methyl sites for hydroxylation is 1. The molecular formula is C17H16N2O2. The highest BCUT2D eigenvalue weighted by atomic mass is 16.6. The van der Waals surface area contributed by atoms with Crippen LogP contribution in [0, 0.1) is 17.0 Å². The van der Waals surface area contributed by atoms with Gasteiger partial charge in [-0.1, -0.05) is 36.4 Å². The maximum Gasteiger partial charge on any atom is 0.273 e. The fourth-order valence-electron chi connectivity index (χ4n) is 2.97. The van der Waals surface area contributed by atoms with Crippen LogP contribution in [0.3, 0.4) is 0 Å². The Kier molecular flexibility index (Phi) is 3.31. The van der Waals surface area contributed by atoms with Crippen molar-refractivity contribution in [2.45, 2.75) is 19.9 Å². The normalized spacial score (nSPS) is 13.0. The Morgan fingerprint density at radius 3 is 2.71 bits per heavy atom. The summed E-state index contributed by atoms with van der Waals surface area (Å²) in [4.78, 5) is 10.8. The first-order valence-electron chi connectivity index (χ1n) is 6.87. The number of rotatable bonds is 3. The smallest absolute Gasteiger partial charge is 0.273 e. The highest BCUT2D eigenvalue weighted by Gasteiger charge is 2.24. The molecule has 4 nitrogen and oxygen atoms in total. The maximum absolute atomic E-state index is 11.1. The summed E-state index contributed by atoms with van der Waals surface area (Å²) in [5.41, 5.74) is 12.3. The predicted octanol–water partition coefficient (Wildman–Crippen LogP) is 3.46. The molecule has 0 radical (unpaired) electrons. The molecule has 0 unspecified atom stereocenters. The summed E-state index contributed by atoms with van der Waals surface area (Å²) in [6.07, 6.45) is 2.62. The summed E-state index contributed by atoms with van der Waals surface area (Å²) < 4.78 is 0. The lowest BCUT2D eigenvalue weighted by atomic mass is 9.94. The molecular weight excluding hydrogens is 264 g/mol. The number of hydrogen-bond acceptors (Lipinski definition) is 3. The summed E-state index contributed by atoms with van der Waals surface area (Å²) in [5.74, 6) is 0. The maximum atomic E-state index is 11.1. The molecule has 21 heavy (non-hydrogen) atoms. The third-order valence-corrected chi connectivity index (χ3v) is 4.04. The molecule has 3 rings (SSSR count). The lowest BCUT2D eigenvalue weighted by Crippen LogP contribution is -2.04. The highest BCUT2D eigenvalue weighted by molar-refractivity contribution is 5.91. The van der Waals surface area contributed by atoms with Crippen LogP contribution in [0.25, 0.3) is 11.6 Å². The molecule has 2 aromatic carbocycles. The van der Waals surface area contributed by atoms with E-state index in [2.05, 4.69) is 0 Å². The average Bonchev–Trinajstić information content (AvgIpc) is 2.90.